The Morgan fingerprint density at radius 1 is 1.11 bits per heavy atom. The third-order valence-corrected chi connectivity index (χ3v) is 6.58. The molecule has 6 nitrogen and oxygen atoms in total. The van der Waals surface area contributed by atoms with E-state index in [9.17, 15) is 13.2 Å². The van der Waals surface area contributed by atoms with E-state index in [-0.39, 0.29) is 23.8 Å². The molecule has 0 bridgehead atoms. The SMILES string of the molecule is CN(CCNc1ccc(Cl)c(Cl)c1)S(=O)(=O)c1ccc(CCC(N)=O)cc1. The van der Waals surface area contributed by atoms with Crippen LogP contribution in [0.2, 0.25) is 10.0 Å². The summed E-state index contributed by atoms with van der Waals surface area (Å²) < 4.78 is 26.5. The van der Waals surface area contributed by atoms with Gasteiger partial charge in [0.15, 0.2) is 0 Å². The van der Waals surface area contributed by atoms with Crippen molar-refractivity contribution < 1.29 is 13.2 Å². The molecule has 0 heterocycles. The van der Waals surface area contributed by atoms with Crippen LogP contribution in [0.5, 0.6) is 0 Å². The number of nitrogens with two attached hydrogens (primary N) is 1. The molecule has 0 radical (unpaired) electrons. The van der Waals surface area contributed by atoms with Crippen LogP contribution in [0.4, 0.5) is 5.69 Å². The minimum atomic E-state index is -3.60. The molecular weight excluding hydrogens is 409 g/mol. The standard InChI is InChI=1S/C18H21Cl2N3O3S/c1-23(11-10-22-14-5-8-16(19)17(20)12-14)27(25,26)15-6-2-13(3-7-15)4-9-18(21)24/h2-3,5-8,12,22H,4,9-11H2,1H3,(H2,21,24). The first-order valence-electron chi connectivity index (χ1n) is 8.22. The number of benzene rings is 2. The largest absolute Gasteiger partial charge is 0.384 e. The molecule has 0 aliphatic carbocycles. The lowest BCUT2D eigenvalue weighted by atomic mass is 10.1. The number of halogens is 2. The van der Waals surface area contributed by atoms with Gasteiger partial charge in [-0.25, -0.2) is 8.42 Å². The van der Waals surface area contributed by atoms with Crippen molar-refractivity contribution in [3.63, 3.8) is 0 Å². The molecule has 146 valence electrons. The Morgan fingerprint density at radius 2 is 1.78 bits per heavy atom. The number of anilines is 1. The molecule has 2 aromatic carbocycles. The first-order valence-corrected chi connectivity index (χ1v) is 10.4. The number of rotatable bonds is 9. The fourth-order valence-corrected chi connectivity index (χ4v) is 3.83. The molecule has 27 heavy (non-hydrogen) atoms. The van der Waals surface area contributed by atoms with Crippen LogP contribution in [-0.4, -0.2) is 38.8 Å². The van der Waals surface area contributed by atoms with Crippen LogP contribution < -0.4 is 11.1 Å². The summed E-state index contributed by atoms with van der Waals surface area (Å²) in [4.78, 5) is 11.0. The predicted molar refractivity (Wildman–Crippen MR) is 109 cm³/mol. The smallest absolute Gasteiger partial charge is 0.242 e. The highest BCUT2D eigenvalue weighted by Crippen LogP contribution is 2.25. The molecular formula is C18H21Cl2N3O3S. The quantitative estimate of drug-likeness (QED) is 0.639. The van der Waals surface area contributed by atoms with Crippen LogP contribution in [0, 0.1) is 0 Å². The number of primary amides is 1. The number of nitrogens with zero attached hydrogens (tertiary/aromatic N) is 1. The Balaban J connectivity index is 1.94. The number of hydrogen-bond donors (Lipinski definition) is 2. The van der Waals surface area contributed by atoms with Gasteiger partial charge < -0.3 is 11.1 Å². The summed E-state index contributed by atoms with van der Waals surface area (Å²) in [5.74, 6) is -0.388. The molecule has 0 unspecified atom stereocenters. The van der Waals surface area contributed by atoms with Crippen molar-refractivity contribution in [3.05, 3.63) is 58.1 Å². The minimum Gasteiger partial charge on any atom is -0.384 e. The van der Waals surface area contributed by atoms with E-state index in [1.165, 1.54) is 23.5 Å². The van der Waals surface area contributed by atoms with Crippen molar-refractivity contribution in [1.29, 1.82) is 0 Å². The topological polar surface area (TPSA) is 92.5 Å². The van der Waals surface area contributed by atoms with Gasteiger partial charge in [-0.2, -0.15) is 4.31 Å². The summed E-state index contributed by atoms with van der Waals surface area (Å²) in [5.41, 5.74) is 6.74. The van der Waals surface area contributed by atoms with E-state index in [2.05, 4.69) is 5.32 Å². The molecule has 0 saturated heterocycles. The summed E-state index contributed by atoms with van der Waals surface area (Å²) >= 11 is 11.8. The summed E-state index contributed by atoms with van der Waals surface area (Å²) in [5, 5.41) is 4.00. The van der Waals surface area contributed by atoms with E-state index in [4.69, 9.17) is 28.9 Å². The van der Waals surface area contributed by atoms with Gasteiger partial charge in [0.25, 0.3) is 0 Å². The zero-order valence-electron chi connectivity index (χ0n) is 14.8. The number of carbonyl (C=O) groups is 1. The molecule has 0 aromatic heterocycles. The lowest BCUT2D eigenvalue weighted by Gasteiger charge is -2.18. The number of hydrogen-bond acceptors (Lipinski definition) is 4. The predicted octanol–water partition coefficient (Wildman–Crippen LogP) is 3.14. The number of amides is 1. The van der Waals surface area contributed by atoms with Gasteiger partial charge in [0.05, 0.1) is 14.9 Å². The Kier molecular flexibility index (Phi) is 7.49. The number of sulfonamides is 1. The van der Waals surface area contributed by atoms with Crippen molar-refractivity contribution in [1.82, 2.24) is 4.31 Å². The number of carbonyl (C=O) groups excluding carboxylic acids is 1. The molecule has 0 fully saturated rings. The molecule has 2 rings (SSSR count). The maximum absolute atomic E-state index is 12.6. The molecule has 0 aliphatic rings. The van der Waals surface area contributed by atoms with E-state index in [1.807, 2.05) is 0 Å². The average Bonchev–Trinajstić information content (AvgIpc) is 2.63. The lowest BCUT2D eigenvalue weighted by molar-refractivity contribution is -0.117. The molecule has 9 heteroatoms. The Hall–Kier alpha value is -1.80. The molecule has 0 atom stereocenters. The second kappa shape index (κ2) is 9.41. The Morgan fingerprint density at radius 3 is 2.37 bits per heavy atom. The molecule has 3 N–H and O–H groups in total. The second-order valence-corrected chi connectivity index (χ2v) is 8.85. The molecule has 0 saturated carbocycles. The fraction of sp³-hybridized carbons (Fsp3) is 0.278. The van der Waals surface area contributed by atoms with Crippen molar-refractivity contribution >= 4 is 44.8 Å². The van der Waals surface area contributed by atoms with Gasteiger partial charge >= 0.3 is 0 Å². The van der Waals surface area contributed by atoms with Crippen LogP contribution in [0.15, 0.2) is 47.4 Å². The molecule has 1 amide bonds. The summed E-state index contributed by atoms with van der Waals surface area (Å²) in [6.45, 7) is 0.677. The maximum Gasteiger partial charge on any atom is 0.242 e. The third-order valence-electron chi connectivity index (χ3n) is 3.97. The summed E-state index contributed by atoms with van der Waals surface area (Å²) in [6.07, 6.45) is 0.714. The van der Waals surface area contributed by atoms with Gasteiger partial charge in [-0.1, -0.05) is 35.3 Å². The maximum atomic E-state index is 12.6. The molecule has 2 aromatic rings. The van der Waals surface area contributed by atoms with E-state index in [1.54, 1.807) is 30.3 Å². The van der Waals surface area contributed by atoms with Gasteiger partial charge in [0.1, 0.15) is 0 Å². The van der Waals surface area contributed by atoms with Crippen LogP contribution in [0.3, 0.4) is 0 Å². The zero-order chi connectivity index (χ0) is 20.0. The first-order chi connectivity index (χ1) is 12.7. The van der Waals surface area contributed by atoms with E-state index in [0.29, 0.717) is 23.0 Å². The lowest BCUT2D eigenvalue weighted by Crippen LogP contribution is -2.31. The van der Waals surface area contributed by atoms with Crippen molar-refractivity contribution in [2.45, 2.75) is 17.7 Å². The highest BCUT2D eigenvalue weighted by Gasteiger charge is 2.20. The average molecular weight is 430 g/mol. The zero-order valence-corrected chi connectivity index (χ0v) is 17.1. The van der Waals surface area contributed by atoms with Crippen LogP contribution >= 0.6 is 23.2 Å². The van der Waals surface area contributed by atoms with E-state index >= 15 is 0 Å². The van der Waals surface area contributed by atoms with Crippen LogP contribution in [0.1, 0.15) is 12.0 Å². The molecule has 0 spiro atoms. The van der Waals surface area contributed by atoms with Crippen LogP contribution in [0.25, 0.3) is 0 Å². The summed E-state index contributed by atoms with van der Waals surface area (Å²) in [6, 6.07) is 11.6. The Labute approximate surface area is 169 Å². The third kappa shape index (κ3) is 6.10. The monoisotopic (exact) mass is 429 g/mol. The van der Waals surface area contributed by atoms with Gasteiger partial charge in [0.2, 0.25) is 15.9 Å². The Bertz CT molecular complexity index is 903. The van der Waals surface area contributed by atoms with Gasteiger partial charge in [-0.05, 0) is 42.3 Å². The van der Waals surface area contributed by atoms with Crippen molar-refractivity contribution in [3.8, 4) is 0 Å². The van der Waals surface area contributed by atoms with Gasteiger partial charge in [0, 0.05) is 32.2 Å². The van der Waals surface area contributed by atoms with Crippen molar-refractivity contribution in [2.75, 3.05) is 25.5 Å². The molecule has 0 aliphatic heterocycles. The fourth-order valence-electron chi connectivity index (χ4n) is 2.36. The highest BCUT2D eigenvalue weighted by atomic mass is 35.5. The summed E-state index contributed by atoms with van der Waals surface area (Å²) in [7, 11) is -2.08. The van der Waals surface area contributed by atoms with E-state index < -0.39 is 10.0 Å². The second-order valence-electron chi connectivity index (χ2n) is 5.99. The highest BCUT2D eigenvalue weighted by molar-refractivity contribution is 7.89. The first kappa shape index (κ1) is 21.5. The van der Waals surface area contributed by atoms with Gasteiger partial charge in [-0.15, -0.1) is 0 Å². The number of likely N-dealkylation sites (N-methyl/N-ethyl adjacent to an activating group) is 1. The van der Waals surface area contributed by atoms with Crippen molar-refractivity contribution in [2.24, 2.45) is 5.73 Å². The minimum absolute atomic E-state index is 0.197. The van der Waals surface area contributed by atoms with Gasteiger partial charge in [-0.3, -0.25) is 4.79 Å². The van der Waals surface area contributed by atoms with E-state index in [0.717, 1.165) is 11.3 Å². The number of nitrogens with one attached hydrogen (secondary N) is 1. The van der Waals surface area contributed by atoms with Crippen LogP contribution in [-0.2, 0) is 21.2 Å². The number of aryl methyl sites for hydroxylation is 1. The normalized spacial score (nSPS) is 11.6.